The van der Waals surface area contributed by atoms with Gasteiger partial charge in [-0.25, -0.2) is 4.31 Å². The van der Waals surface area contributed by atoms with E-state index in [1.807, 2.05) is 11.9 Å². The predicted octanol–water partition coefficient (Wildman–Crippen LogP) is 5.31. The van der Waals surface area contributed by atoms with Crippen LogP contribution in [0.1, 0.15) is 38.8 Å². The largest absolute Gasteiger partial charge is 0.303 e. The zero-order valence-electron chi connectivity index (χ0n) is 21.0. The van der Waals surface area contributed by atoms with Gasteiger partial charge in [0.15, 0.2) is 0 Å². The van der Waals surface area contributed by atoms with Gasteiger partial charge in [0.05, 0.1) is 0 Å². The zero-order valence-corrected chi connectivity index (χ0v) is 21.8. The third kappa shape index (κ3) is 10.1. The summed E-state index contributed by atoms with van der Waals surface area (Å²) in [6.07, 6.45) is 0. The van der Waals surface area contributed by atoms with E-state index in [9.17, 15) is 0 Å². The van der Waals surface area contributed by atoms with Gasteiger partial charge in [-0.2, -0.15) is 0 Å². The Balaban J connectivity index is 1.98. The van der Waals surface area contributed by atoms with Crippen LogP contribution in [0.5, 0.6) is 0 Å². The van der Waals surface area contributed by atoms with E-state index in [1.54, 1.807) is 0 Å². The van der Waals surface area contributed by atoms with Crippen LogP contribution in [0.2, 0.25) is 0 Å². The molecular formula is C27H44N4S. The maximum Gasteiger partial charge on any atom is 0.0340 e. The maximum absolute atomic E-state index is 2.63. The molecule has 4 nitrogen and oxygen atoms in total. The summed E-state index contributed by atoms with van der Waals surface area (Å²) in [6, 6.07) is 19.8. The average Bonchev–Trinajstić information content (AvgIpc) is 2.81. The van der Waals surface area contributed by atoms with Crippen LogP contribution in [-0.4, -0.2) is 78.4 Å². The van der Waals surface area contributed by atoms with Crippen LogP contribution in [0.15, 0.2) is 59.5 Å². The molecule has 0 aliphatic rings. The van der Waals surface area contributed by atoms with E-state index in [1.165, 1.54) is 16.0 Å². The molecule has 0 aromatic heterocycles. The van der Waals surface area contributed by atoms with Gasteiger partial charge in [0.1, 0.15) is 0 Å². The second kappa shape index (κ2) is 15.5. The lowest BCUT2D eigenvalue weighted by Gasteiger charge is -2.29. The van der Waals surface area contributed by atoms with Crippen LogP contribution in [0, 0.1) is 0 Å². The predicted molar refractivity (Wildman–Crippen MR) is 141 cm³/mol. The van der Waals surface area contributed by atoms with E-state index < -0.39 is 0 Å². The molecular weight excluding hydrogens is 412 g/mol. The highest BCUT2D eigenvalue weighted by molar-refractivity contribution is 7.97. The van der Waals surface area contributed by atoms with Crippen LogP contribution in [-0.2, 0) is 13.1 Å². The summed E-state index contributed by atoms with van der Waals surface area (Å²) >= 11 is 1.83. The minimum Gasteiger partial charge on any atom is -0.303 e. The van der Waals surface area contributed by atoms with E-state index in [2.05, 4.69) is 108 Å². The van der Waals surface area contributed by atoms with Gasteiger partial charge >= 0.3 is 0 Å². The Labute approximate surface area is 201 Å². The molecule has 0 fully saturated rings. The van der Waals surface area contributed by atoms with E-state index >= 15 is 0 Å². The zero-order chi connectivity index (χ0) is 23.2. The summed E-state index contributed by atoms with van der Waals surface area (Å²) < 4.78 is 2.31. The average molecular weight is 457 g/mol. The molecule has 0 aliphatic carbocycles. The fourth-order valence-electron chi connectivity index (χ4n) is 3.93. The first-order chi connectivity index (χ1) is 15.6. The van der Waals surface area contributed by atoms with Crippen molar-refractivity contribution in [3.63, 3.8) is 0 Å². The van der Waals surface area contributed by atoms with Crippen LogP contribution in [0.4, 0.5) is 0 Å². The lowest BCUT2D eigenvalue weighted by molar-refractivity contribution is 0.180. The highest BCUT2D eigenvalue weighted by Gasteiger charge is 2.11. The van der Waals surface area contributed by atoms with E-state index in [0.29, 0.717) is 0 Å². The van der Waals surface area contributed by atoms with Gasteiger partial charge in [-0.3, -0.25) is 4.90 Å². The van der Waals surface area contributed by atoms with Gasteiger partial charge < -0.3 is 9.80 Å². The summed E-state index contributed by atoms with van der Waals surface area (Å²) in [5.74, 6) is 0. The van der Waals surface area contributed by atoms with Crippen LogP contribution in [0.3, 0.4) is 0 Å². The molecule has 0 aliphatic heterocycles. The molecule has 0 unspecified atom stereocenters. The van der Waals surface area contributed by atoms with Crippen molar-refractivity contribution >= 4 is 11.9 Å². The molecule has 5 heteroatoms. The fourth-order valence-corrected chi connectivity index (χ4v) is 4.84. The molecule has 0 spiro atoms. The van der Waals surface area contributed by atoms with Gasteiger partial charge in [-0.15, -0.1) is 0 Å². The van der Waals surface area contributed by atoms with Crippen LogP contribution < -0.4 is 0 Å². The Hall–Kier alpha value is -1.37. The van der Waals surface area contributed by atoms with Crippen LogP contribution in [0.25, 0.3) is 0 Å². The minimum absolute atomic E-state index is 0.940. The standard InChI is InChI=1S/C27H44N4S/c1-6-29(7-2)18-20-31(21-19-30(8-3)9-4)24-26-16-13-17-27(22-26)32-28(5)23-25-14-11-10-12-15-25/h10-17,22H,6-9,18-21,23-24H2,1-5H3. The molecule has 2 aromatic carbocycles. The summed E-state index contributed by atoms with van der Waals surface area (Å²) in [4.78, 5) is 8.99. The van der Waals surface area contributed by atoms with Gasteiger partial charge in [-0.1, -0.05) is 70.2 Å². The molecule has 0 bridgehead atoms. The van der Waals surface area contributed by atoms with Gasteiger partial charge in [-0.05, 0) is 68.4 Å². The molecule has 2 rings (SSSR count). The third-order valence-electron chi connectivity index (χ3n) is 6.07. The van der Waals surface area contributed by atoms with Crippen molar-refractivity contribution < 1.29 is 0 Å². The topological polar surface area (TPSA) is 13.0 Å². The number of hydrogen-bond donors (Lipinski definition) is 0. The first-order valence-corrected chi connectivity index (χ1v) is 13.0. The quantitative estimate of drug-likeness (QED) is 0.317. The Morgan fingerprint density at radius 3 is 1.69 bits per heavy atom. The van der Waals surface area contributed by atoms with Crippen molar-refractivity contribution in [3.05, 3.63) is 65.7 Å². The Morgan fingerprint density at radius 2 is 1.12 bits per heavy atom. The van der Waals surface area contributed by atoms with Crippen molar-refractivity contribution in [3.8, 4) is 0 Å². The van der Waals surface area contributed by atoms with Crippen molar-refractivity contribution in [2.45, 2.75) is 45.7 Å². The molecule has 32 heavy (non-hydrogen) atoms. The van der Waals surface area contributed by atoms with E-state index in [4.69, 9.17) is 0 Å². The number of nitrogens with zero attached hydrogens (tertiary/aromatic N) is 4. The Morgan fingerprint density at radius 1 is 0.594 bits per heavy atom. The third-order valence-corrected chi connectivity index (χ3v) is 6.97. The van der Waals surface area contributed by atoms with Crippen molar-refractivity contribution in [2.75, 3.05) is 59.4 Å². The summed E-state index contributed by atoms with van der Waals surface area (Å²) in [5, 5.41) is 0. The Bertz CT molecular complexity index is 715. The molecule has 0 heterocycles. The molecule has 178 valence electrons. The number of benzene rings is 2. The Kier molecular flexibility index (Phi) is 13.0. The molecule has 0 amide bonds. The summed E-state index contributed by atoms with van der Waals surface area (Å²) in [6.45, 7) is 20.0. The summed E-state index contributed by atoms with van der Waals surface area (Å²) in [7, 11) is 2.17. The molecule has 0 radical (unpaired) electrons. The lowest BCUT2D eigenvalue weighted by atomic mass is 10.2. The highest BCUT2D eigenvalue weighted by Crippen LogP contribution is 2.24. The van der Waals surface area contributed by atoms with Crippen molar-refractivity contribution in [1.29, 1.82) is 0 Å². The van der Waals surface area contributed by atoms with Gasteiger partial charge in [0.25, 0.3) is 0 Å². The number of likely N-dealkylation sites (N-methyl/N-ethyl adjacent to an activating group) is 2. The normalized spacial score (nSPS) is 11.9. The highest BCUT2D eigenvalue weighted by atomic mass is 32.2. The molecule has 0 N–H and O–H groups in total. The number of hydrogen-bond acceptors (Lipinski definition) is 5. The lowest BCUT2D eigenvalue weighted by Crippen LogP contribution is -2.39. The van der Waals surface area contributed by atoms with Crippen molar-refractivity contribution in [1.82, 2.24) is 19.0 Å². The molecule has 0 atom stereocenters. The first-order valence-electron chi connectivity index (χ1n) is 12.3. The monoisotopic (exact) mass is 456 g/mol. The smallest absolute Gasteiger partial charge is 0.0340 e. The number of rotatable bonds is 16. The van der Waals surface area contributed by atoms with Gasteiger partial charge in [0, 0.05) is 44.2 Å². The van der Waals surface area contributed by atoms with Crippen molar-refractivity contribution in [2.24, 2.45) is 0 Å². The second-order valence-electron chi connectivity index (χ2n) is 8.34. The van der Waals surface area contributed by atoms with E-state index in [0.717, 1.165) is 65.4 Å². The fraction of sp³-hybridized carbons (Fsp3) is 0.556. The van der Waals surface area contributed by atoms with Gasteiger partial charge in [0.2, 0.25) is 0 Å². The second-order valence-corrected chi connectivity index (χ2v) is 9.62. The summed E-state index contributed by atoms with van der Waals surface area (Å²) in [5.41, 5.74) is 2.75. The van der Waals surface area contributed by atoms with Crippen LogP contribution >= 0.6 is 11.9 Å². The minimum atomic E-state index is 0.940. The first kappa shape index (κ1) is 26.9. The maximum atomic E-state index is 2.63. The molecule has 0 saturated carbocycles. The van der Waals surface area contributed by atoms with E-state index in [-0.39, 0.29) is 0 Å². The molecule has 0 saturated heterocycles. The SMILES string of the molecule is CCN(CC)CCN(CCN(CC)CC)Cc1cccc(SN(C)Cc2ccccc2)c1. The molecule has 2 aromatic rings.